The highest BCUT2D eigenvalue weighted by molar-refractivity contribution is 5.72. The third-order valence-electron chi connectivity index (χ3n) is 2.09. The Labute approximate surface area is 94.5 Å². The van der Waals surface area contributed by atoms with E-state index in [0.717, 1.165) is 0 Å². The van der Waals surface area contributed by atoms with Crippen molar-refractivity contribution in [2.45, 2.75) is 38.8 Å². The Morgan fingerprint density at radius 2 is 2.00 bits per heavy atom. The van der Waals surface area contributed by atoms with E-state index in [-0.39, 0.29) is 6.04 Å². The van der Waals surface area contributed by atoms with Gasteiger partial charge in [0.05, 0.1) is 6.04 Å². The van der Waals surface area contributed by atoms with Crippen molar-refractivity contribution in [3.05, 3.63) is 12.2 Å². The molecule has 5 nitrogen and oxygen atoms in total. The Balaban J connectivity index is 2.38. The van der Waals surface area contributed by atoms with Gasteiger partial charge in [-0.15, -0.1) is 0 Å². The van der Waals surface area contributed by atoms with Gasteiger partial charge in [0, 0.05) is 11.9 Å². The summed E-state index contributed by atoms with van der Waals surface area (Å²) >= 11 is 0. The molecule has 1 aliphatic rings. The van der Waals surface area contributed by atoms with Crippen LogP contribution in [0.4, 0.5) is 4.79 Å². The van der Waals surface area contributed by atoms with Crippen LogP contribution in [0, 0.1) is 5.92 Å². The zero-order valence-corrected chi connectivity index (χ0v) is 9.65. The molecule has 0 radical (unpaired) electrons. The van der Waals surface area contributed by atoms with Gasteiger partial charge in [-0.2, -0.15) is 0 Å². The number of aliphatic carboxylic acids is 1. The third kappa shape index (κ3) is 3.92. The molecule has 0 saturated carbocycles. The van der Waals surface area contributed by atoms with Gasteiger partial charge in [0.1, 0.15) is 5.60 Å². The van der Waals surface area contributed by atoms with Crippen LogP contribution in [0.1, 0.15) is 27.2 Å². The molecule has 1 amide bonds. The van der Waals surface area contributed by atoms with Crippen LogP contribution >= 0.6 is 0 Å². The van der Waals surface area contributed by atoms with E-state index in [2.05, 4.69) is 5.32 Å². The van der Waals surface area contributed by atoms with Crippen molar-refractivity contribution in [3.8, 4) is 0 Å². The van der Waals surface area contributed by atoms with Crippen LogP contribution in [0.5, 0.6) is 0 Å². The summed E-state index contributed by atoms with van der Waals surface area (Å²) in [6.45, 7) is 5.29. The number of ether oxygens (including phenoxy) is 1. The monoisotopic (exact) mass is 226 g/mol. The minimum Gasteiger partial charge on any atom is -0.550 e. The minimum atomic E-state index is -1.12. The number of alkyl carbamates (subject to hydrolysis) is 1. The van der Waals surface area contributed by atoms with Crippen molar-refractivity contribution in [2.75, 3.05) is 0 Å². The first-order valence-corrected chi connectivity index (χ1v) is 5.16. The maximum Gasteiger partial charge on any atom is 0.408 e. The van der Waals surface area contributed by atoms with E-state index >= 15 is 0 Å². The van der Waals surface area contributed by atoms with Crippen LogP contribution < -0.4 is 10.4 Å². The van der Waals surface area contributed by atoms with Crippen LogP contribution in [-0.4, -0.2) is 23.7 Å². The molecule has 0 saturated heterocycles. The first-order chi connectivity index (χ1) is 7.28. The SMILES string of the molecule is CC(C)(C)OC(=O)N[C@@H]1C=C[C@@H](C(=O)[O-])C1. The number of carboxylic acids is 1. The number of carbonyl (C=O) groups is 2. The van der Waals surface area contributed by atoms with Crippen LogP contribution in [0.2, 0.25) is 0 Å². The molecule has 0 aromatic heterocycles. The smallest absolute Gasteiger partial charge is 0.408 e. The molecule has 0 aromatic rings. The summed E-state index contributed by atoms with van der Waals surface area (Å²) in [5, 5.41) is 13.1. The van der Waals surface area contributed by atoms with Crippen LogP contribution in [0.3, 0.4) is 0 Å². The normalized spacial score (nSPS) is 24.2. The molecule has 90 valence electrons. The van der Waals surface area contributed by atoms with E-state index in [1.54, 1.807) is 26.8 Å². The molecule has 0 unspecified atom stereocenters. The van der Waals surface area contributed by atoms with Crippen LogP contribution in [-0.2, 0) is 9.53 Å². The Morgan fingerprint density at radius 3 is 2.44 bits per heavy atom. The molecule has 1 aliphatic carbocycles. The van der Waals surface area contributed by atoms with E-state index in [9.17, 15) is 14.7 Å². The Kier molecular flexibility index (Phi) is 3.57. The van der Waals surface area contributed by atoms with Gasteiger partial charge in [-0.1, -0.05) is 12.2 Å². The van der Waals surface area contributed by atoms with Crippen LogP contribution in [0.15, 0.2) is 12.2 Å². The maximum absolute atomic E-state index is 11.4. The van der Waals surface area contributed by atoms with Gasteiger partial charge in [-0.05, 0) is 27.2 Å². The molecule has 0 spiro atoms. The standard InChI is InChI=1S/C11H17NO4/c1-11(2,3)16-10(15)12-8-5-4-7(6-8)9(13)14/h4-5,7-8H,6H2,1-3H3,(H,12,15)(H,13,14)/p-1/t7-,8-/m1/s1. The van der Waals surface area contributed by atoms with Crippen LogP contribution in [0.25, 0.3) is 0 Å². The lowest BCUT2D eigenvalue weighted by Crippen LogP contribution is -2.39. The summed E-state index contributed by atoms with van der Waals surface area (Å²) in [4.78, 5) is 21.9. The number of hydrogen-bond acceptors (Lipinski definition) is 4. The predicted octanol–water partition coefficient (Wildman–Crippen LogP) is 0.206. The van der Waals surface area contributed by atoms with E-state index in [1.807, 2.05) is 0 Å². The van der Waals surface area contributed by atoms with E-state index in [4.69, 9.17) is 4.74 Å². The van der Waals surface area contributed by atoms with Gasteiger partial charge in [0.25, 0.3) is 0 Å². The molecular weight excluding hydrogens is 210 g/mol. The molecule has 0 bridgehead atoms. The lowest BCUT2D eigenvalue weighted by molar-refractivity contribution is -0.309. The van der Waals surface area contributed by atoms with Crippen molar-refractivity contribution in [1.82, 2.24) is 5.32 Å². The predicted molar refractivity (Wildman–Crippen MR) is 55.4 cm³/mol. The molecule has 0 aromatic carbocycles. The van der Waals surface area contributed by atoms with Crippen molar-refractivity contribution in [3.63, 3.8) is 0 Å². The Bertz CT molecular complexity index is 316. The zero-order valence-electron chi connectivity index (χ0n) is 9.65. The molecule has 1 N–H and O–H groups in total. The van der Waals surface area contributed by atoms with Gasteiger partial charge >= 0.3 is 6.09 Å². The maximum atomic E-state index is 11.4. The zero-order chi connectivity index (χ0) is 12.3. The van der Waals surface area contributed by atoms with Gasteiger partial charge in [0.15, 0.2) is 0 Å². The second-order valence-corrected chi connectivity index (χ2v) is 4.80. The summed E-state index contributed by atoms with van der Waals surface area (Å²) < 4.78 is 5.05. The highest BCUT2D eigenvalue weighted by Gasteiger charge is 2.23. The molecule has 5 heteroatoms. The van der Waals surface area contributed by atoms with E-state index in [0.29, 0.717) is 6.42 Å². The molecular formula is C11H16NO4-. The summed E-state index contributed by atoms with van der Waals surface area (Å²) in [5.74, 6) is -1.75. The van der Waals surface area contributed by atoms with Gasteiger partial charge < -0.3 is 20.0 Å². The number of hydrogen-bond donors (Lipinski definition) is 1. The summed E-state index contributed by atoms with van der Waals surface area (Å²) in [5.41, 5.74) is -0.555. The van der Waals surface area contributed by atoms with Crippen molar-refractivity contribution >= 4 is 12.1 Å². The molecule has 2 atom stereocenters. The molecule has 0 fully saturated rings. The Morgan fingerprint density at radius 1 is 1.38 bits per heavy atom. The number of carboxylic acid groups (broad SMARTS) is 1. The number of carbonyl (C=O) groups excluding carboxylic acids is 2. The summed E-state index contributed by atoms with van der Waals surface area (Å²) in [7, 11) is 0. The fourth-order valence-corrected chi connectivity index (χ4v) is 1.44. The second kappa shape index (κ2) is 4.55. The van der Waals surface area contributed by atoms with E-state index < -0.39 is 23.6 Å². The van der Waals surface area contributed by atoms with E-state index in [1.165, 1.54) is 6.08 Å². The number of nitrogens with one attached hydrogen (secondary N) is 1. The third-order valence-corrected chi connectivity index (χ3v) is 2.09. The lowest BCUT2D eigenvalue weighted by Gasteiger charge is -2.21. The lowest BCUT2D eigenvalue weighted by atomic mass is 10.1. The summed E-state index contributed by atoms with van der Waals surface area (Å²) in [6.07, 6.45) is 2.95. The second-order valence-electron chi connectivity index (χ2n) is 4.80. The topological polar surface area (TPSA) is 78.5 Å². The fraction of sp³-hybridized carbons (Fsp3) is 0.636. The summed E-state index contributed by atoms with van der Waals surface area (Å²) in [6, 6.07) is -0.294. The highest BCUT2D eigenvalue weighted by Crippen LogP contribution is 2.17. The molecule has 16 heavy (non-hydrogen) atoms. The minimum absolute atomic E-state index is 0.294. The van der Waals surface area contributed by atoms with Crippen molar-refractivity contribution < 1.29 is 19.4 Å². The number of amides is 1. The molecule has 1 rings (SSSR count). The quantitative estimate of drug-likeness (QED) is 0.682. The first-order valence-electron chi connectivity index (χ1n) is 5.16. The first kappa shape index (κ1) is 12.5. The van der Waals surface area contributed by atoms with Crippen molar-refractivity contribution in [2.24, 2.45) is 5.92 Å². The highest BCUT2D eigenvalue weighted by atomic mass is 16.6. The van der Waals surface area contributed by atoms with Gasteiger partial charge in [0.2, 0.25) is 0 Å². The fourth-order valence-electron chi connectivity index (χ4n) is 1.44. The average molecular weight is 226 g/mol. The average Bonchev–Trinajstić information content (AvgIpc) is 2.48. The van der Waals surface area contributed by atoms with Gasteiger partial charge in [-0.25, -0.2) is 4.79 Å². The molecule has 0 aliphatic heterocycles. The van der Waals surface area contributed by atoms with Crippen molar-refractivity contribution in [1.29, 1.82) is 0 Å². The number of rotatable bonds is 2. The Hall–Kier alpha value is -1.52. The molecule has 0 heterocycles. The largest absolute Gasteiger partial charge is 0.550 e. The van der Waals surface area contributed by atoms with Gasteiger partial charge in [-0.3, -0.25) is 0 Å².